The molecule has 0 fully saturated rings. The summed E-state index contributed by atoms with van der Waals surface area (Å²) in [6.07, 6.45) is 1.30. The van der Waals surface area contributed by atoms with Crippen molar-refractivity contribution in [2.24, 2.45) is 0 Å². The van der Waals surface area contributed by atoms with Gasteiger partial charge in [-0.2, -0.15) is 0 Å². The molecule has 2 heterocycles. The molecule has 0 unspecified atom stereocenters. The van der Waals surface area contributed by atoms with E-state index in [1.54, 1.807) is 43.5 Å². The molecular formula is C22H21NO7. The van der Waals surface area contributed by atoms with E-state index in [2.05, 4.69) is 9.64 Å². The van der Waals surface area contributed by atoms with Gasteiger partial charge in [-0.1, -0.05) is 0 Å². The highest BCUT2D eigenvalue weighted by Crippen LogP contribution is 2.32. The molecule has 0 saturated carbocycles. The number of esters is 1. The lowest BCUT2D eigenvalue weighted by atomic mass is 10.1. The van der Waals surface area contributed by atoms with Crippen LogP contribution >= 0.6 is 0 Å². The number of fused-ring (bicyclic) bond motifs is 3. The summed E-state index contributed by atoms with van der Waals surface area (Å²) in [4.78, 5) is 26.6. The minimum absolute atomic E-state index is 0.0567. The lowest BCUT2D eigenvalue weighted by Crippen LogP contribution is -2.34. The van der Waals surface area contributed by atoms with Gasteiger partial charge in [-0.15, -0.1) is 0 Å². The van der Waals surface area contributed by atoms with Crippen molar-refractivity contribution in [3.05, 3.63) is 64.0 Å². The zero-order chi connectivity index (χ0) is 21.1. The normalized spacial score (nSPS) is 13.5. The Balaban J connectivity index is 1.62. The minimum atomic E-state index is -0.446. The Bertz CT molecular complexity index is 1120. The summed E-state index contributed by atoms with van der Waals surface area (Å²) in [5.41, 5.74) is 1.40. The Labute approximate surface area is 172 Å². The van der Waals surface area contributed by atoms with E-state index in [0.29, 0.717) is 54.5 Å². The van der Waals surface area contributed by atoms with Crippen LogP contribution in [0, 0.1) is 0 Å². The van der Waals surface area contributed by atoms with E-state index in [4.69, 9.17) is 18.6 Å². The molecule has 8 nitrogen and oxygen atoms in total. The van der Waals surface area contributed by atoms with E-state index in [-0.39, 0.29) is 11.2 Å². The number of hydrogen-bond donors (Lipinski definition) is 0. The number of nitrogens with zero attached hydrogens (tertiary/aromatic N) is 1. The Kier molecular flexibility index (Phi) is 5.69. The second kappa shape index (κ2) is 8.56. The van der Waals surface area contributed by atoms with Crippen molar-refractivity contribution in [3.63, 3.8) is 0 Å². The largest absolute Gasteiger partial charge is 0.478 e. The molecule has 0 atom stereocenters. The van der Waals surface area contributed by atoms with Gasteiger partial charge in [0.15, 0.2) is 0 Å². The van der Waals surface area contributed by atoms with Crippen LogP contribution in [0.4, 0.5) is 0 Å². The van der Waals surface area contributed by atoms with Gasteiger partial charge in [-0.05, 0) is 36.4 Å². The number of benzene rings is 2. The van der Waals surface area contributed by atoms with Crippen LogP contribution < -0.4 is 14.9 Å². The number of rotatable bonds is 6. The zero-order valence-corrected chi connectivity index (χ0v) is 16.7. The Morgan fingerprint density at radius 3 is 2.67 bits per heavy atom. The first-order valence-electron chi connectivity index (χ1n) is 9.38. The molecule has 1 aliphatic heterocycles. The summed E-state index contributed by atoms with van der Waals surface area (Å²) < 4.78 is 27.1. The van der Waals surface area contributed by atoms with Gasteiger partial charge in [-0.25, -0.2) is 4.79 Å². The molecule has 30 heavy (non-hydrogen) atoms. The molecular weight excluding hydrogens is 390 g/mol. The molecule has 1 aromatic heterocycles. The first-order chi connectivity index (χ1) is 14.6. The lowest BCUT2D eigenvalue weighted by molar-refractivity contribution is 0.0600. The van der Waals surface area contributed by atoms with E-state index in [9.17, 15) is 9.59 Å². The van der Waals surface area contributed by atoms with Gasteiger partial charge in [-0.3, -0.25) is 9.69 Å². The van der Waals surface area contributed by atoms with Gasteiger partial charge in [0.2, 0.25) is 11.2 Å². The fourth-order valence-corrected chi connectivity index (χ4v) is 3.28. The third-order valence-electron chi connectivity index (χ3n) is 4.87. The Morgan fingerprint density at radius 2 is 1.93 bits per heavy atom. The van der Waals surface area contributed by atoms with Crippen LogP contribution in [-0.4, -0.2) is 45.0 Å². The van der Waals surface area contributed by atoms with Crippen molar-refractivity contribution in [3.8, 4) is 17.2 Å². The molecule has 2 aromatic carbocycles. The van der Waals surface area contributed by atoms with Gasteiger partial charge in [0.1, 0.15) is 30.1 Å². The number of ether oxygens (including phenoxy) is 4. The molecule has 0 radical (unpaired) electrons. The molecule has 1 aliphatic rings. The molecule has 0 saturated heterocycles. The topological polar surface area (TPSA) is 87.4 Å². The van der Waals surface area contributed by atoms with Crippen LogP contribution in [0.15, 0.2) is 51.9 Å². The monoisotopic (exact) mass is 411 g/mol. The van der Waals surface area contributed by atoms with Crippen molar-refractivity contribution in [2.45, 2.75) is 6.54 Å². The summed E-state index contributed by atoms with van der Waals surface area (Å²) in [5.74, 6) is 0.715. The number of hydrogen-bond acceptors (Lipinski definition) is 8. The smallest absolute Gasteiger partial charge is 0.337 e. The van der Waals surface area contributed by atoms with Crippen LogP contribution in [-0.2, 0) is 16.0 Å². The van der Waals surface area contributed by atoms with Crippen molar-refractivity contribution in [1.82, 2.24) is 4.90 Å². The first kappa shape index (κ1) is 19.9. The summed E-state index contributed by atoms with van der Waals surface area (Å²) in [6, 6.07) is 9.75. The number of methoxy groups -OCH3 is 2. The predicted molar refractivity (Wildman–Crippen MR) is 108 cm³/mol. The maximum atomic E-state index is 13.0. The molecule has 3 aromatic rings. The lowest BCUT2D eigenvalue weighted by Gasteiger charge is -2.28. The van der Waals surface area contributed by atoms with Crippen molar-refractivity contribution >= 4 is 16.9 Å². The highest BCUT2D eigenvalue weighted by Gasteiger charge is 2.22. The van der Waals surface area contributed by atoms with Crippen LogP contribution in [0.1, 0.15) is 15.9 Å². The van der Waals surface area contributed by atoms with Gasteiger partial charge < -0.3 is 23.4 Å². The third-order valence-corrected chi connectivity index (χ3v) is 4.87. The van der Waals surface area contributed by atoms with E-state index < -0.39 is 5.97 Å². The van der Waals surface area contributed by atoms with Crippen molar-refractivity contribution in [2.75, 3.05) is 34.1 Å². The maximum Gasteiger partial charge on any atom is 0.337 e. The van der Waals surface area contributed by atoms with E-state index in [1.807, 2.05) is 0 Å². The maximum absolute atomic E-state index is 13.0. The fraction of sp³-hybridized carbons (Fsp3) is 0.273. The average molecular weight is 411 g/mol. The average Bonchev–Trinajstić information content (AvgIpc) is 2.79. The molecule has 0 spiro atoms. The van der Waals surface area contributed by atoms with Crippen LogP contribution in [0.5, 0.6) is 17.2 Å². The number of carbonyl (C=O) groups excluding carboxylic acids is 1. The van der Waals surface area contributed by atoms with E-state index >= 15 is 0 Å². The quantitative estimate of drug-likeness (QED) is 0.572. The molecule has 4 rings (SSSR count). The van der Waals surface area contributed by atoms with Gasteiger partial charge in [0.25, 0.3) is 0 Å². The standard InChI is InChI=1S/C22H21NO7/c1-26-10-9-23-11-17-18(29-13-23)8-7-16-20(24)19(12-28-21(16)17)30-15-5-3-14(4-6-15)22(25)27-2/h3-8,12H,9-11,13H2,1-2H3. The first-order valence-corrected chi connectivity index (χ1v) is 9.38. The molecule has 0 bridgehead atoms. The second-order valence-corrected chi connectivity index (χ2v) is 6.78. The van der Waals surface area contributed by atoms with E-state index in [1.165, 1.54) is 13.4 Å². The molecule has 8 heteroatoms. The molecule has 0 N–H and O–H groups in total. The zero-order valence-electron chi connectivity index (χ0n) is 16.7. The van der Waals surface area contributed by atoms with Crippen LogP contribution in [0.2, 0.25) is 0 Å². The van der Waals surface area contributed by atoms with E-state index in [0.717, 1.165) is 5.56 Å². The highest BCUT2D eigenvalue weighted by molar-refractivity contribution is 5.89. The summed E-state index contributed by atoms with van der Waals surface area (Å²) in [6.45, 7) is 2.34. The summed E-state index contributed by atoms with van der Waals surface area (Å²) >= 11 is 0. The Morgan fingerprint density at radius 1 is 1.13 bits per heavy atom. The van der Waals surface area contributed by atoms with Gasteiger partial charge in [0, 0.05) is 20.2 Å². The number of carbonyl (C=O) groups is 1. The summed E-state index contributed by atoms with van der Waals surface area (Å²) in [7, 11) is 2.96. The SMILES string of the molecule is COCCN1COc2ccc3c(=O)c(Oc4ccc(C(=O)OC)cc4)coc3c2C1. The van der Waals surface area contributed by atoms with Crippen molar-refractivity contribution in [1.29, 1.82) is 0 Å². The van der Waals surface area contributed by atoms with Gasteiger partial charge in [0.05, 0.1) is 30.2 Å². The minimum Gasteiger partial charge on any atom is -0.478 e. The molecule has 0 amide bonds. The van der Waals surface area contributed by atoms with Crippen LogP contribution in [0.3, 0.4) is 0 Å². The highest BCUT2D eigenvalue weighted by atomic mass is 16.5. The fourth-order valence-electron chi connectivity index (χ4n) is 3.28. The predicted octanol–water partition coefficient (Wildman–Crippen LogP) is 3.17. The van der Waals surface area contributed by atoms with Gasteiger partial charge >= 0.3 is 5.97 Å². The third kappa shape index (κ3) is 3.87. The molecule has 156 valence electrons. The van der Waals surface area contributed by atoms with Crippen LogP contribution in [0.25, 0.3) is 11.0 Å². The second-order valence-electron chi connectivity index (χ2n) is 6.78. The molecule has 0 aliphatic carbocycles. The summed E-state index contributed by atoms with van der Waals surface area (Å²) in [5, 5.41) is 0.412. The Hall–Kier alpha value is -3.36. The van der Waals surface area contributed by atoms with Crippen molar-refractivity contribution < 1.29 is 28.2 Å².